The number of carbonyl (C=O) groups is 1. The molecule has 26 heavy (non-hydrogen) atoms. The van der Waals surface area contributed by atoms with Crippen molar-refractivity contribution in [2.75, 3.05) is 13.2 Å². The van der Waals surface area contributed by atoms with Crippen LogP contribution in [0.5, 0.6) is 0 Å². The molecule has 0 aliphatic heterocycles. The Labute approximate surface area is 156 Å². The smallest absolute Gasteiger partial charge is 0.173 e. The van der Waals surface area contributed by atoms with Crippen LogP contribution in [0.4, 0.5) is 4.39 Å². The van der Waals surface area contributed by atoms with Gasteiger partial charge in [-0.1, -0.05) is 19.0 Å². The highest BCUT2D eigenvalue weighted by Crippen LogP contribution is 2.65. The molecule has 2 N–H and O–H groups in total. The molecule has 4 saturated carbocycles. The van der Waals surface area contributed by atoms with Gasteiger partial charge in [0.1, 0.15) is 6.61 Å². The monoisotopic (exact) mass is 364 g/mol. The number of halogens is 1. The number of hydrogen-bond acceptors (Lipinski definition) is 4. The molecule has 4 nitrogen and oxygen atoms in total. The minimum Gasteiger partial charge on any atom is -0.395 e. The Balaban J connectivity index is 1.52. The third-order valence-corrected chi connectivity index (χ3v) is 8.60. The standard InChI is InChI=1S/C21H33FN2O2/c1-20-7-5-14(24-26-10-9-23)11-13(20)3-4-15-16(20)6-8-21(2)17(15)12-18(22)19(21)25/h13,15-18H,3-12,23H2,1-2H3. The van der Waals surface area contributed by atoms with Crippen molar-refractivity contribution < 1.29 is 14.0 Å². The summed E-state index contributed by atoms with van der Waals surface area (Å²) in [6.45, 7) is 5.48. The number of alkyl halides is 1. The SMILES string of the molecule is CC12CCC3C(CCC4CC(=NOCCN)CCC43C)C1CC(F)C2=O. The molecule has 4 aliphatic carbocycles. The summed E-state index contributed by atoms with van der Waals surface area (Å²) in [5, 5.41) is 4.33. The summed E-state index contributed by atoms with van der Waals surface area (Å²) in [6.07, 6.45) is 6.67. The molecule has 5 heteroatoms. The highest BCUT2D eigenvalue weighted by Gasteiger charge is 2.62. The summed E-state index contributed by atoms with van der Waals surface area (Å²) < 4.78 is 14.3. The number of rotatable bonds is 3. The van der Waals surface area contributed by atoms with Crippen LogP contribution in [-0.4, -0.2) is 30.8 Å². The highest BCUT2D eigenvalue weighted by molar-refractivity contribution is 5.91. The van der Waals surface area contributed by atoms with Gasteiger partial charge in [-0.25, -0.2) is 4.39 Å². The largest absolute Gasteiger partial charge is 0.395 e. The van der Waals surface area contributed by atoms with Gasteiger partial charge in [0, 0.05) is 12.0 Å². The zero-order chi connectivity index (χ0) is 18.5. The van der Waals surface area contributed by atoms with E-state index in [0.29, 0.717) is 42.7 Å². The lowest BCUT2D eigenvalue weighted by Gasteiger charge is -2.59. The molecule has 4 fully saturated rings. The van der Waals surface area contributed by atoms with E-state index in [1.54, 1.807) is 0 Å². The van der Waals surface area contributed by atoms with E-state index < -0.39 is 11.6 Å². The molecule has 4 rings (SSSR count). The van der Waals surface area contributed by atoms with Crippen molar-refractivity contribution in [2.24, 2.45) is 45.4 Å². The van der Waals surface area contributed by atoms with E-state index in [9.17, 15) is 9.18 Å². The number of carbonyl (C=O) groups excluding carboxylic acids is 1. The number of ketones is 1. The van der Waals surface area contributed by atoms with Gasteiger partial charge in [0.05, 0.1) is 5.71 Å². The minimum absolute atomic E-state index is 0.108. The van der Waals surface area contributed by atoms with E-state index in [-0.39, 0.29) is 11.7 Å². The van der Waals surface area contributed by atoms with Gasteiger partial charge in [-0.05, 0) is 80.5 Å². The van der Waals surface area contributed by atoms with Gasteiger partial charge in [0.15, 0.2) is 12.0 Å². The van der Waals surface area contributed by atoms with Crippen molar-refractivity contribution in [3.8, 4) is 0 Å². The fraction of sp³-hybridized carbons (Fsp3) is 0.905. The van der Waals surface area contributed by atoms with Crippen LogP contribution in [-0.2, 0) is 9.63 Å². The molecule has 0 spiro atoms. The first-order valence-electron chi connectivity index (χ1n) is 10.5. The zero-order valence-electron chi connectivity index (χ0n) is 16.2. The normalized spacial score (nSPS) is 49.5. The molecule has 0 saturated heterocycles. The van der Waals surface area contributed by atoms with Crippen LogP contribution in [0, 0.1) is 34.5 Å². The zero-order valence-corrected chi connectivity index (χ0v) is 16.2. The third kappa shape index (κ3) is 2.64. The van der Waals surface area contributed by atoms with Crippen molar-refractivity contribution in [1.82, 2.24) is 0 Å². The van der Waals surface area contributed by atoms with Crippen molar-refractivity contribution in [3.63, 3.8) is 0 Å². The predicted octanol–water partition coefficient (Wildman–Crippen LogP) is 3.88. The number of oxime groups is 1. The molecule has 0 aromatic rings. The van der Waals surface area contributed by atoms with Gasteiger partial charge in [0.2, 0.25) is 0 Å². The van der Waals surface area contributed by atoms with Gasteiger partial charge in [0.25, 0.3) is 0 Å². The lowest BCUT2D eigenvalue weighted by atomic mass is 9.45. The first-order chi connectivity index (χ1) is 12.4. The predicted molar refractivity (Wildman–Crippen MR) is 99.5 cm³/mol. The Hall–Kier alpha value is -0.970. The summed E-state index contributed by atoms with van der Waals surface area (Å²) >= 11 is 0. The maximum Gasteiger partial charge on any atom is 0.173 e. The fourth-order valence-corrected chi connectivity index (χ4v) is 7.08. The maximum absolute atomic E-state index is 14.3. The molecular weight excluding hydrogens is 331 g/mol. The van der Waals surface area contributed by atoms with E-state index in [0.717, 1.165) is 38.5 Å². The van der Waals surface area contributed by atoms with Crippen LogP contribution < -0.4 is 5.73 Å². The second kappa shape index (κ2) is 6.57. The first kappa shape index (κ1) is 18.4. The van der Waals surface area contributed by atoms with Crippen LogP contribution in [0.1, 0.15) is 65.2 Å². The molecule has 4 aliphatic rings. The van der Waals surface area contributed by atoms with Crippen molar-refractivity contribution in [1.29, 1.82) is 0 Å². The van der Waals surface area contributed by atoms with Gasteiger partial charge >= 0.3 is 0 Å². The Bertz CT molecular complexity index is 609. The highest BCUT2D eigenvalue weighted by atomic mass is 19.1. The van der Waals surface area contributed by atoms with Crippen molar-refractivity contribution in [2.45, 2.75) is 71.4 Å². The number of Topliss-reactive ketones (excluding diaryl/α,β-unsaturated/α-hetero) is 1. The van der Waals surface area contributed by atoms with E-state index >= 15 is 0 Å². The third-order valence-electron chi connectivity index (χ3n) is 8.60. The molecular formula is C21H33FN2O2. The summed E-state index contributed by atoms with van der Waals surface area (Å²) in [7, 11) is 0. The van der Waals surface area contributed by atoms with E-state index in [2.05, 4.69) is 12.1 Å². The summed E-state index contributed by atoms with van der Waals surface area (Å²) in [5.41, 5.74) is 6.55. The summed E-state index contributed by atoms with van der Waals surface area (Å²) in [4.78, 5) is 17.8. The summed E-state index contributed by atoms with van der Waals surface area (Å²) in [6, 6.07) is 0. The molecule has 7 atom stereocenters. The number of nitrogens with two attached hydrogens (primary N) is 1. The van der Waals surface area contributed by atoms with Crippen molar-refractivity contribution >= 4 is 11.5 Å². The second-order valence-electron chi connectivity index (χ2n) is 9.66. The van der Waals surface area contributed by atoms with Gasteiger partial charge in [-0.2, -0.15) is 0 Å². The van der Waals surface area contributed by atoms with Crippen LogP contribution in [0.25, 0.3) is 0 Å². The molecule has 0 bridgehead atoms. The Kier molecular flexibility index (Phi) is 4.65. The number of hydrogen-bond donors (Lipinski definition) is 1. The topological polar surface area (TPSA) is 64.7 Å². The molecule has 0 aromatic carbocycles. The number of fused-ring (bicyclic) bond motifs is 5. The fourth-order valence-electron chi connectivity index (χ4n) is 7.08. The van der Waals surface area contributed by atoms with Crippen LogP contribution in [0.15, 0.2) is 5.16 Å². The lowest BCUT2D eigenvalue weighted by molar-refractivity contribution is -0.138. The van der Waals surface area contributed by atoms with Crippen LogP contribution in [0.3, 0.4) is 0 Å². The van der Waals surface area contributed by atoms with Crippen molar-refractivity contribution in [3.05, 3.63) is 0 Å². The van der Waals surface area contributed by atoms with E-state index in [1.807, 2.05) is 6.92 Å². The Morgan fingerprint density at radius 1 is 1.23 bits per heavy atom. The molecule has 146 valence electrons. The lowest BCUT2D eigenvalue weighted by Crippen LogP contribution is -2.53. The first-order valence-corrected chi connectivity index (χ1v) is 10.5. The van der Waals surface area contributed by atoms with Gasteiger partial charge in [-0.15, -0.1) is 0 Å². The Morgan fingerprint density at radius 2 is 2.04 bits per heavy atom. The quantitative estimate of drug-likeness (QED) is 0.610. The molecule has 0 aromatic heterocycles. The van der Waals surface area contributed by atoms with E-state index in [1.165, 1.54) is 12.1 Å². The van der Waals surface area contributed by atoms with Crippen LogP contribution >= 0.6 is 0 Å². The number of nitrogens with zero attached hydrogens (tertiary/aromatic N) is 1. The molecule has 0 heterocycles. The van der Waals surface area contributed by atoms with E-state index in [4.69, 9.17) is 10.6 Å². The van der Waals surface area contributed by atoms with Gasteiger partial charge in [-0.3, -0.25) is 4.79 Å². The minimum atomic E-state index is -1.22. The molecule has 7 unspecified atom stereocenters. The van der Waals surface area contributed by atoms with Gasteiger partial charge < -0.3 is 10.6 Å². The Morgan fingerprint density at radius 3 is 2.81 bits per heavy atom. The average Bonchev–Trinajstić information content (AvgIpc) is 2.86. The summed E-state index contributed by atoms with van der Waals surface area (Å²) in [5.74, 6) is 1.93. The molecule has 0 radical (unpaired) electrons. The second-order valence-corrected chi connectivity index (χ2v) is 9.66. The maximum atomic E-state index is 14.3. The van der Waals surface area contributed by atoms with Crippen LogP contribution in [0.2, 0.25) is 0 Å². The molecule has 0 amide bonds. The average molecular weight is 365 g/mol.